The van der Waals surface area contributed by atoms with Crippen LogP contribution in [0.4, 0.5) is 10.1 Å². The molecule has 1 atom stereocenters. The van der Waals surface area contributed by atoms with Crippen LogP contribution >= 0.6 is 11.8 Å². The van der Waals surface area contributed by atoms with Gasteiger partial charge < -0.3 is 14.6 Å². The highest BCUT2D eigenvalue weighted by Crippen LogP contribution is 2.29. The van der Waals surface area contributed by atoms with E-state index in [9.17, 15) is 9.18 Å². The summed E-state index contributed by atoms with van der Waals surface area (Å²) in [5, 5.41) is 11.6. The first-order valence-electron chi connectivity index (χ1n) is 10.9. The van der Waals surface area contributed by atoms with Gasteiger partial charge in [-0.05, 0) is 55.3 Å². The monoisotopic (exact) mass is 476 g/mol. The predicted molar refractivity (Wildman–Crippen MR) is 133 cm³/mol. The third-order valence-corrected chi connectivity index (χ3v) is 6.40. The molecule has 174 valence electrons. The Hall–Kier alpha value is -3.65. The number of halogens is 1. The molecule has 1 unspecified atom stereocenters. The molecule has 1 N–H and O–H groups in total. The third-order valence-electron chi connectivity index (χ3n) is 5.32. The van der Waals surface area contributed by atoms with Crippen LogP contribution in [-0.4, -0.2) is 33.0 Å². The highest BCUT2D eigenvalue weighted by atomic mass is 32.2. The van der Waals surface area contributed by atoms with Gasteiger partial charge in [0.05, 0.1) is 18.0 Å². The first-order valence-corrected chi connectivity index (χ1v) is 11.8. The number of anilines is 1. The molecule has 4 aromatic rings. The van der Waals surface area contributed by atoms with E-state index in [4.69, 9.17) is 4.74 Å². The minimum absolute atomic E-state index is 0.157. The standard InChI is InChI=1S/C26H25FN4O2S/c1-18(25(32)28-23-11-7-6-10-22(23)27)34-26-30-29-24(20-12-14-21(33-2)15-13-20)31(26)17-16-19-8-4-3-5-9-19/h3-15,18H,16-17H2,1-2H3,(H,28,32). The van der Waals surface area contributed by atoms with Crippen molar-refractivity contribution in [2.24, 2.45) is 0 Å². The van der Waals surface area contributed by atoms with Gasteiger partial charge in [0.1, 0.15) is 11.6 Å². The van der Waals surface area contributed by atoms with Crippen LogP contribution in [0, 0.1) is 5.82 Å². The van der Waals surface area contributed by atoms with Crippen molar-refractivity contribution in [2.75, 3.05) is 12.4 Å². The number of aromatic nitrogens is 3. The van der Waals surface area contributed by atoms with E-state index < -0.39 is 11.1 Å². The fourth-order valence-corrected chi connectivity index (χ4v) is 4.30. The number of hydrogen-bond donors (Lipinski definition) is 1. The van der Waals surface area contributed by atoms with Gasteiger partial charge in [-0.2, -0.15) is 0 Å². The number of benzene rings is 3. The van der Waals surface area contributed by atoms with Crippen molar-refractivity contribution in [1.82, 2.24) is 14.8 Å². The van der Waals surface area contributed by atoms with Crippen molar-refractivity contribution < 1.29 is 13.9 Å². The first kappa shape index (κ1) is 23.5. The maximum absolute atomic E-state index is 14.0. The van der Waals surface area contributed by atoms with Crippen molar-refractivity contribution in [3.05, 3.63) is 90.2 Å². The number of methoxy groups -OCH3 is 1. The average molecular weight is 477 g/mol. The summed E-state index contributed by atoms with van der Waals surface area (Å²) in [7, 11) is 1.62. The van der Waals surface area contributed by atoms with Gasteiger partial charge in [0.2, 0.25) is 5.91 Å². The van der Waals surface area contributed by atoms with Gasteiger partial charge in [0.15, 0.2) is 11.0 Å². The number of ether oxygens (including phenoxy) is 1. The Kier molecular flexibility index (Phi) is 7.59. The van der Waals surface area contributed by atoms with Crippen molar-refractivity contribution in [3.63, 3.8) is 0 Å². The van der Waals surface area contributed by atoms with E-state index >= 15 is 0 Å². The second kappa shape index (κ2) is 11.0. The van der Waals surface area contributed by atoms with Crippen LogP contribution in [0.2, 0.25) is 0 Å². The molecule has 6 nitrogen and oxygen atoms in total. The van der Waals surface area contributed by atoms with Gasteiger partial charge in [-0.3, -0.25) is 4.79 Å². The Morgan fingerprint density at radius 3 is 2.44 bits per heavy atom. The molecule has 0 spiro atoms. The number of rotatable bonds is 9. The molecule has 1 amide bonds. The predicted octanol–water partition coefficient (Wildman–Crippen LogP) is 5.45. The molecule has 0 aliphatic carbocycles. The molecule has 1 aromatic heterocycles. The van der Waals surface area contributed by atoms with Gasteiger partial charge in [-0.25, -0.2) is 4.39 Å². The fourth-order valence-electron chi connectivity index (χ4n) is 3.43. The van der Waals surface area contributed by atoms with Crippen LogP contribution in [0.3, 0.4) is 0 Å². The van der Waals surface area contributed by atoms with E-state index in [1.54, 1.807) is 26.2 Å². The zero-order valence-corrected chi connectivity index (χ0v) is 19.8. The Morgan fingerprint density at radius 2 is 1.74 bits per heavy atom. The van der Waals surface area contributed by atoms with Crippen LogP contribution < -0.4 is 10.1 Å². The Morgan fingerprint density at radius 1 is 1.03 bits per heavy atom. The van der Waals surface area contributed by atoms with Gasteiger partial charge >= 0.3 is 0 Å². The summed E-state index contributed by atoms with van der Waals surface area (Å²) < 4.78 is 21.2. The number of amides is 1. The summed E-state index contributed by atoms with van der Waals surface area (Å²) >= 11 is 1.29. The molecule has 0 aliphatic heterocycles. The second-order valence-corrected chi connectivity index (χ2v) is 8.96. The van der Waals surface area contributed by atoms with Crippen molar-refractivity contribution >= 4 is 23.4 Å². The van der Waals surface area contributed by atoms with Crippen LogP contribution in [0.15, 0.2) is 84.0 Å². The highest BCUT2D eigenvalue weighted by Gasteiger charge is 2.22. The molecular formula is C26H25FN4O2S. The average Bonchev–Trinajstić information content (AvgIpc) is 3.27. The maximum atomic E-state index is 14.0. The zero-order chi connectivity index (χ0) is 23.9. The minimum atomic E-state index is -0.511. The topological polar surface area (TPSA) is 69.0 Å². The van der Waals surface area contributed by atoms with Gasteiger partial charge in [-0.1, -0.05) is 54.2 Å². The van der Waals surface area contributed by atoms with E-state index in [1.807, 2.05) is 47.0 Å². The molecule has 8 heteroatoms. The van der Waals surface area contributed by atoms with Crippen LogP contribution in [0.5, 0.6) is 5.75 Å². The molecule has 0 saturated carbocycles. The van der Waals surface area contributed by atoms with Crippen molar-refractivity contribution in [2.45, 2.75) is 30.3 Å². The zero-order valence-electron chi connectivity index (χ0n) is 18.9. The van der Waals surface area contributed by atoms with Crippen LogP contribution in [0.25, 0.3) is 11.4 Å². The SMILES string of the molecule is COc1ccc(-c2nnc(SC(C)C(=O)Nc3ccccc3F)n2CCc2ccccc2)cc1. The minimum Gasteiger partial charge on any atom is -0.497 e. The normalized spacial score (nSPS) is 11.7. The third kappa shape index (κ3) is 5.63. The highest BCUT2D eigenvalue weighted by molar-refractivity contribution is 8.00. The second-order valence-electron chi connectivity index (χ2n) is 7.65. The van der Waals surface area contributed by atoms with Crippen LogP contribution in [0.1, 0.15) is 12.5 Å². The van der Waals surface area contributed by atoms with E-state index in [2.05, 4.69) is 27.6 Å². The quantitative estimate of drug-likeness (QED) is 0.325. The summed E-state index contributed by atoms with van der Waals surface area (Å²) in [4.78, 5) is 12.7. The van der Waals surface area contributed by atoms with Crippen molar-refractivity contribution in [3.8, 4) is 17.1 Å². The van der Waals surface area contributed by atoms with Gasteiger partial charge in [-0.15, -0.1) is 10.2 Å². The largest absolute Gasteiger partial charge is 0.497 e. The molecule has 34 heavy (non-hydrogen) atoms. The number of carbonyl (C=O) groups excluding carboxylic acids is 1. The van der Waals surface area contributed by atoms with E-state index in [1.165, 1.54) is 29.5 Å². The number of nitrogens with one attached hydrogen (secondary N) is 1. The lowest BCUT2D eigenvalue weighted by atomic mass is 10.1. The fraction of sp³-hybridized carbons (Fsp3) is 0.192. The van der Waals surface area contributed by atoms with E-state index in [0.29, 0.717) is 17.5 Å². The summed E-state index contributed by atoms with van der Waals surface area (Å²) in [6, 6.07) is 23.9. The lowest BCUT2D eigenvalue weighted by Crippen LogP contribution is -2.23. The summed E-state index contributed by atoms with van der Waals surface area (Å²) in [6.07, 6.45) is 0.783. The number of thioether (sulfide) groups is 1. The van der Waals surface area contributed by atoms with E-state index in [0.717, 1.165) is 17.7 Å². The number of carbonyl (C=O) groups is 1. The lowest BCUT2D eigenvalue weighted by molar-refractivity contribution is -0.115. The van der Waals surface area contributed by atoms with Gasteiger partial charge in [0.25, 0.3) is 0 Å². The molecule has 0 saturated heterocycles. The maximum Gasteiger partial charge on any atom is 0.237 e. The number of aryl methyl sites for hydroxylation is 1. The van der Waals surface area contributed by atoms with Gasteiger partial charge in [0, 0.05) is 12.1 Å². The lowest BCUT2D eigenvalue weighted by Gasteiger charge is -2.14. The number of nitrogens with zero attached hydrogens (tertiary/aromatic N) is 3. The smallest absolute Gasteiger partial charge is 0.237 e. The molecule has 1 heterocycles. The van der Waals surface area contributed by atoms with E-state index in [-0.39, 0.29) is 11.6 Å². The number of hydrogen-bond acceptors (Lipinski definition) is 5. The molecule has 0 radical (unpaired) electrons. The Labute approximate surface area is 202 Å². The molecule has 0 aliphatic rings. The molecule has 0 fully saturated rings. The molecule has 4 rings (SSSR count). The number of para-hydroxylation sites is 1. The summed E-state index contributed by atoms with van der Waals surface area (Å²) in [6.45, 7) is 2.41. The van der Waals surface area contributed by atoms with Crippen LogP contribution in [-0.2, 0) is 17.8 Å². The molecular weight excluding hydrogens is 451 g/mol. The molecule has 0 bridgehead atoms. The summed E-state index contributed by atoms with van der Waals surface area (Å²) in [5.74, 6) is 0.689. The van der Waals surface area contributed by atoms with Crippen molar-refractivity contribution in [1.29, 1.82) is 0 Å². The molecule has 3 aromatic carbocycles. The Bertz CT molecular complexity index is 1250. The summed E-state index contributed by atoms with van der Waals surface area (Å²) in [5.41, 5.74) is 2.25. The first-order chi connectivity index (χ1) is 16.5. The Balaban J connectivity index is 1.57.